The first-order valence-corrected chi connectivity index (χ1v) is 8.54. The van der Waals surface area contributed by atoms with Gasteiger partial charge in [0.05, 0.1) is 7.11 Å². The van der Waals surface area contributed by atoms with E-state index in [2.05, 4.69) is 47.4 Å². The van der Waals surface area contributed by atoms with Crippen LogP contribution in [0.15, 0.2) is 66.7 Å². The summed E-state index contributed by atoms with van der Waals surface area (Å²) in [6, 6.07) is 23.1. The van der Waals surface area contributed by atoms with Gasteiger partial charge in [-0.3, -0.25) is 4.90 Å². The molecule has 0 amide bonds. The summed E-state index contributed by atoms with van der Waals surface area (Å²) >= 11 is 0. The van der Waals surface area contributed by atoms with Gasteiger partial charge in [0, 0.05) is 25.3 Å². The van der Waals surface area contributed by atoms with E-state index in [4.69, 9.17) is 10.5 Å². The number of nitrogen functional groups attached to an aromatic ring is 1. The molecule has 3 aromatic rings. The molecule has 2 N–H and O–H groups in total. The van der Waals surface area contributed by atoms with Gasteiger partial charge in [-0.25, -0.2) is 0 Å². The monoisotopic (exact) mass is 330 g/mol. The molecule has 0 radical (unpaired) electrons. The third-order valence-corrected chi connectivity index (χ3v) is 4.75. The number of nitrogens with two attached hydrogens (primary N) is 1. The standard InChI is InChI=1S/C22H22N2O/c1-25-22-7-3-5-17(12-22)18-8-9-19-14-24(15-20(19)11-18)13-16-4-2-6-21(23)10-16/h2-12H,13-15,23H2,1H3. The Kier molecular flexibility index (Phi) is 4.16. The predicted octanol–water partition coefficient (Wildman–Crippen LogP) is 4.46. The molecular formula is C22H22N2O. The van der Waals surface area contributed by atoms with Crippen LogP contribution in [0.4, 0.5) is 5.69 Å². The third kappa shape index (κ3) is 3.37. The quantitative estimate of drug-likeness (QED) is 0.718. The minimum atomic E-state index is 0.828. The highest BCUT2D eigenvalue weighted by atomic mass is 16.5. The van der Waals surface area contributed by atoms with Crippen LogP contribution in [0, 0.1) is 0 Å². The van der Waals surface area contributed by atoms with Crippen LogP contribution in [0.3, 0.4) is 0 Å². The van der Waals surface area contributed by atoms with Crippen molar-refractivity contribution in [1.82, 2.24) is 4.90 Å². The molecule has 0 saturated heterocycles. The van der Waals surface area contributed by atoms with E-state index in [9.17, 15) is 0 Å². The van der Waals surface area contributed by atoms with Crippen molar-refractivity contribution < 1.29 is 4.74 Å². The van der Waals surface area contributed by atoms with Gasteiger partial charge >= 0.3 is 0 Å². The number of hydrogen-bond donors (Lipinski definition) is 1. The van der Waals surface area contributed by atoms with Crippen molar-refractivity contribution in [1.29, 1.82) is 0 Å². The van der Waals surface area contributed by atoms with Gasteiger partial charge < -0.3 is 10.5 Å². The van der Waals surface area contributed by atoms with Gasteiger partial charge in [0.25, 0.3) is 0 Å². The van der Waals surface area contributed by atoms with Crippen LogP contribution in [-0.4, -0.2) is 12.0 Å². The Morgan fingerprint density at radius 2 is 1.68 bits per heavy atom. The lowest BCUT2D eigenvalue weighted by atomic mass is 10.0. The summed E-state index contributed by atoms with van der Waals surface area (Å²) in [7, 11) is 1.70. The molecule has 126 valence electrons. The topological polar surface area (TPSA) is 38.5 Å². The van der Waals surface area contributed by atoms with Crippen molar-refractivity contribution in [2.45, 2.75) is 19.6 Å². The van der Waals surface area contributed by atoms with Crippen LogP contribution in [0.1, 0.15) is 16.7 Å². The molecule has 0 unspecified atom stereocenters. The highest BCUT2D eigenvalue weighted by Crippen LogP contribution is 2.30. The molecule has 0 bridgehead atoms. The van der Waals surface area contributed by atoms with Crippen LogP contribution in [0.5, 0.6) is 5.75 Å². The van der Waals surface area contributed by atoms with E-state index in [1.165, 1.54) is 27.8 Å². The first-order valence-electron chi connectivity index (χ1n) is 8.54. The number of nitrogens with zero attached hydrogens (tertiary/aromatic N) is 1. The lowest BCUT2D eigenvalue weighted by Crippen LogP contribution is -2.15. The minimum absolute atomic E-state index is 0.828. The van der Waals surface area contributed by atoms with Crippen LogP contribution >= 0.6 is 0 Å². The fourth-order valence-electron chi connectivity index (χ4n) is 3.51. The number of benzene rings is 3. The summed E-state index contributed by atoms with van der Waals surface area (Å²) in [6.45, 7) is 2.89. The molecule has 0 aromatic heterocycles. The maximum absolute atomic E-state index is 5.90. The van der Waals surface area contributed by atoms with E-state index in [-0.39, 0.29) is 0 Å². The third-order valence-electron chi connectivity index (χ3n) is 4.75. The van der Waals surface area contributed by atoms with Crippen molar-refractivity contribution in [2.75, 3.05) is 12.8 Å². The minimum Gasteiger partial charge on any atom is -0.497 e. The Labute approximate surface area is 148 Å². The number of rotatable bonds is 4. The van der Waals surface area contributed by atoms with E-state index in [1.54, 1.807) is 7.11 Å². The average Bonchev–Trinajstić information content (AvgIpc) is 3.03. The Morgan fingerprint density at radius 3 is 2.52 bits per heavy atom. The van der Waals surface area contributed by atoms with Gasteiger partial charge in [0.1, 0.15) is 5.75 Å². The van der Waals surface area contributed by atoms with Crippen molar-refractivity contribution in [3.63, 3.8) is 0 Å². The summed E-state index contributed by atoms with van der Waals surface area (Å²) in [5, 5.41) is 0. The van der Waals surface area contributed by atoms with E-state index >= 15 is 0 Å². The van der Waals surface area contributed by atoms with E-state index < -0.39 is 0 Å². The predicted molar refractivity (Wildman–Crippen MR) is 102 cm³/mol. The second-order valence-electron chi connectivity index (χ2n) is 6.61. The number of anilines is 1. The Hall–Kier alpha value is -2.78. The molecule has 0 atom stereocenters. The summed E-state index contributed by atoms with van der Waals surface area (Å²) in [5.41, 5.74) is 13.2. The highest BCUT2D eigenvalue weighted by Gasteiger charge is 2.19. The zero-order valence-electron chi connectivity index (χ0n) is 14.4. The van der Waals surface area contributed by atoms with Gasteiger partial charge in [-0.05, 0) is 58.1 Å². The number of hydrogen-bond acceptors (Lipinski definition) is 3. The number of methoxy groups -OCH3 is 1. The molecule has 25 heavy (non-hydrogen) atoms. The fourth-order valence-corrected chi connectivity index (χ4v) is 3.51. The molecule has 3 aromatic carbocycles. The van der Waals surface area contributed by atoms with E-state index in [0.29, 0.717) is 0 Å². The van der Waals surface area contributed by atoms with Gasteiger partial charge in [-0.2, -0.15) is 0 Å². The van der Waals surface area contributed by atoms with Crippen molar-refractivity contribution in [2.24, 2.45) is 0 Å². The van der Waals surface area contributed by atoms with Gasteiger partial charge in [0.2, 0.25) is 0 Å². The Morgan fingerprint density at radius 1 is 0.880 bits per heavy atom. The summed E-state index contributed by atoms with van der Waals surface area (Å²) in [4.78, 5) is 2.45. The smallest absolute Gasteiger partial charge is 0.119 e. The maximum Gasteiger partial charge on any atom is 0.119 e. The Balaban J connectivity index is 1.54. The molecule has 0 fully saturated rings. The molecular weight excluding hydrogens is 308 g/mol. The van der Waals surface area contributed by atoms with Gasteiger partial charge in [-0.1, -0.05) is 36.4 Å². The second kappa shape index (κ2) is 6.61. The largest absolute Gasteiger partial charge is 0.497 e. The van der Waals surface area contributed by atoms with Crippen LogP contribution < -0.4 is 10.5 Å². The molecule has 0 spiro atoms. The van der Waals surface area contributed by atoms with E-state index in [0.717, 1.165) is 31.1 Å². The van der Waals surface area contributed by atoms with Crippen LogP contribution in [-0.2, 0) is 19.6 Å². The molecule has 3 nitrogen and oxygen atoms in total. The highest BCUT2D eigenvalue weighted by molar-refractivity contribution is 5.66. The number of fused-ring (bicyclic) bond motifs is 1. The first kappa shape index (κ1) is 15.7. The molecule has 1 heterocycles. The Bertz CT molecular complexity index is 904. The second-order valence-corrected chi connectivity index (χ2v) is 6.61. The van der Waals surface area contributed by atoms with Gasteiger partial charge in [0.15, 0.2) is 0 Å². The van der Waals surface area contributed by atoms with Crippen molar-refractivity contribution in [3.8, 4) is 16.9 Å². The molecule has 1 aliphatic heterocycles. The zero-order chi connectivity index (χ0) is 17.2. The molecule has 3 heteroatoms. The SMILES string of the molecule is COc1cccc(-c2ccc3c(c2)CN(Cc2cccc(N)c2)C3)c1. The first-order chi connectivity index (χ1) is 12.2. The maximum atomic E-state index is 5.90. The number of ether oxygens (including phenoxy) is 1. The fraction of sp³-hybridized carbons (Fsp3) is 0.182. The summed E-state index contributed by atoms with van der Waals surface area (Å²) in [6.07, 6.45) is 0. The molecule has 0 aliphatic carbocycles. The zero-order valence-corrected chi connectivity index (χ0v) is 14.4. The van der Waals surface area contributed by atoms with Crippen molar-refractivity contribution >= 4 is 5.69 Å². The van der Waals surface area contributed by atoms with Crippen LogP contribution in [0.25, 0.3) is 11.1 Å². The van der Waals surface area contributed by atoms with E-state index in [1.807, 2.05) is 24.3 Å². The van der Waals surface area contributed by atoms with Crippen LogP contribution in [0.2, 0.25) is 0 Å². The normalized spacial score (nSPS) is 13.6. The summed E-state index contributed by atoms with van der Waals surface area (Å²) in [5.74, 6) is 0.890. The molecule has 0 saturated carbocycles. The average molecular weight is 330 g/mol. The van der Waals surface area contributed by atoms with Gasteiger partial charge in [-0.15, -0.1) is 0 Å². The molecule has 1 aliphatic rings. The lowest BCUT2D eigenvalue weighted by Gasteiger charge is -2.14. The molecule has 4 rings (SSSR count). The lowest BCUT2D eigenvalue weighted by molar-refractivity contribution is 0.275. The summed E-state index contributed by atoms with van der Waals surface area (Å²) < 4.78 is 5.34. The van der Waals surface area contributed by atoms with Crippen molar-refractivity contribution in [3.05, 3.63) is 83.4 Å².